The second-order valence-corrected chi connectivity index (χ2v) is 4.02. The molecule has 2 rings (SSSR count). The van der Waals surface area contributed by atoms with E-state index in [0.717, 1.165) is 11.3 Å². The Morgan fingerprint density at radius 1 is 1.44 bits per heavy atom. The lowest BCUT2D eigenvalue weighted by molar-refractivity contribution is 0.0697. The van der Waals surface area contributed by atoms with Gasteiger partial charge in [-0.25, -0.2) is 4.79 Å². The molecule has 2 N–H and O–H groups in total. The number of fused-ring (bicyclic) bond motifs is 1. The van der Waals surface area contributed by atoms with Crippen LogP contribution < -0.4 is 5.32 Å². The van der Waals surface area contributed by atoms with E-state index in [2.05, 4.69) is 5.32 Å². The van der Waals surface area contributed by atoms with Crippen molar-refractivity contribution in [3.8, 4) is 0 Å². The first-order valence-electron chi connectivity index (χ1n) is 5.06. The van der Waals surface area contributed by atoms with E-state index in [4.69, 9.17) is 5.11 Å². The molecule has 16 heavy (non-hydrogen) atoms. The Labute approximate surface area is 94.2 Å². The SMILES string of the molecule is CN(C)C1C=Cc2ccc(C(=O)O)cc2N1. The number of aromatic carboxylic acids is 1. The predicted molar refractivity (Wildman–Crippen MR) is 63.5 cm³/mol. The minimum Gasteiger partial charge on any atom is -0.478 e. The van der Waals surface area contributed by atoms with Gasteiger partial charge >= 0.3 is 5.97 Å². The summed E-state index contributed by atoms with van der Waals surface area (Å²) < 4.78 is 0. The molecule has 0 amide bonds. The first-order valence-corrected chi connectivity index (χ1v) is 5.06. The predicted octanol–water partition coefficient (Wildman–Crippen LogP) is 1.71. The molecule has 1 aliphatic rings. The fraction of sp³-hybridized carbons (Fsp3) is 0.250. The summed E-state index contributed by atoms with van der Waals surface area (Å²) in [7, 11) is 3.93. The molecule has 1 unspecified atom stereocenters. The highest BCUT2D eigenvalue weighted by Crippen LogP contribution is 2.24. The number of rotatable bonds is 2. The zero-order valence-electron chi connectivity index (χ0n) is 9.27. The van der Waals surface area contributed by atoms with Crippen LogP contribution in [0.2, 0.25) is 0 Å². The zero-order valence-corrected chi connectivity index (χ0v) is 9.27. The van der Waals surface area contributed by atoms with E-state index in [1.807, 2.05) is 37.2 Å². The number of benzene rings is 1. The average Bonchev–Trinajstić information content (AvgIpc) is 2.27. The lowest BCUT2D eigenvalue weighted by atomic mass is 10.0. The van der Waals surface area contributed by atoms with Crippen molar-refractivity contribution < 1.29 is 9.90 Å². The first-order chi connectivity index (χ1) is 7.58. The van der Waals surface area contributed by atoms with Crippen LogP contribution in [-0.2, 0) is 0 Å². The van der Waals surface area contributed by atoms with Crippen molar-refractivity contribution in [2.24, 2.45) is 0 Å². The third-order valence-electron chi connectivity index (χ3n) is 2.62. The van der Waals surface area contributed by atoms with Gasteiger partial charge in [-0.15, -0.1) is 0 Å². The maximum absolute atomic E-state index is 10.8. The Balaban J connectivity index is 2.34. The molecule has 1 atom stereocenters. The Bertz CT molecular complexity index is 452. The molecule has 1 aliphatic heterocycles. The van der Waals surface area contributed by atoms with Gasteiger partial charge in [-0.1, -0.05) is 12.1 Å². The van der Waals surface area contributed by atoms with Gasteiger partial charge in [-0.05, 0) is 37.9 Å². The normalized spacial score (nSPS) is 18.1. The molecule has 0 fully saturated rings. The molecule has 4 nitrogen and oxygen atoms in total. The number of hydrogen-bond acceptors (Lipinski definition) is 3. The van der Waals surface area contributed by atoms with E-state index >= 15 is 0 Å². The molecule has 4 heteroatoms. The standard InChI is InChI=1S/C12H14N2O2/c1-14(2)11-6-5-8-3-4-9(12(15)16)7-10(8)13-11/h3-7,11,13H,1-2H3,(H,15,16). The molecule has 0 aliphatic carbocycles. The van der Waals surface area contributed by atoms with Gasteiger partial charge in [-0.2, -0.15) is 0 Å². The third-order valence-corrected chi connectivity index (χ3v) is 2.62. The largest absolute Gasteiger partial charge is 0.478 e. The highest BCUT2D eigenvalue weighted by atomic mass is 16.4. The molecular formula is C12H14N2O2. The fourth-order valence-corrected chi connectivity index (χ4v) is 1.66. The topological polar surface area (TPSA) is 52.6 Å². The van der Waals surface area contributed by atoms with Gasteiger partial charge < -0.3 is 10.4 Å². The smallest absolute Gasteiger partial charge is 0.335 e. The van der Waals surface area contributed by atoms with E-state index in [-0.39, 0.29) is 6.17 Å². The summed E-state index contributed by atoms with van der Waals surface area (Å²) >= 11 is 0. The van der Waals surface area contributed by atoms with Crippen molar-refractivity contribution >= 4 is 17.7 Å². The van der Waals surface area contributed by atoms with Gasteiger partial charge in [0.15, 0.2) is 0 Å². The second-order valence-electron chi connectivity index (χ2n) is 4.02. The molecule has 0 bridgehead atoms. The summed E-state index contributed by atoms with van der Waals surface area (Å²) in [6, 6.07) is 5.09. The van der Waals surface area contributed by atoms with Crippen molar-refractivity contribution in [3.63, 3.8) is 0 Å². The summed E-state index contributed by atoms with van der Waals surface area (Å²) in [5.74, 6) is -0.902. The molecule has 1 aromatic carbocycles. The van der Waals surface area contributed by atoms with E-state index in [1.54, 1.807) is 12.1 Å². The van der Waals surface area contributed by atoms with Crippen molar-refractivity contribution in [3.05, 3.63) is 35.4 Å². The van der Waals surface area contributed by atoms with Gasteiger partial charge in [0.1, 0.15) is 0 Å². The number of nitrogens with zero attached hydrogens (tertiary/aromatic N) is 1. The van der Waals surface area contributed by atoms with Crippen LogP contribution in [0.15, 0.2) is 24.3 Å². The van der Waals surface area contributed by atoms with Crippen molar-refractivity contribution in [1.82, 2.24) is 4.90 Å². The van der Waals surface area contributed by atoms with E-state index in [9.17, 15) is 4.79 Å². The zero-order chi connectivity index (χ0) is 11.7. The summed E-state index contributed by atoms with van der Waals surface area (Å²) in [5.41, 5.74) is 2.18. The van der Waals surface area contributed by atoms with Crippen LogP contribution in [0.4, 0.5) is 5.69 Å². The first kappa shape index (κ1) is 10.7. The molecule has 84 valence electrons. The Morgan fingerprint density at radius 2 is 2.19 bits per heavy atom. The Kier molecular flexibility index (Phi) is 2.66. The van der Waals surface area contributed by atoms with E-state index in [1.165, 1.54) is 0 Å². The quantitative estimate of drug-likeness (QED) is 0.793. The van der Waals surface area contributed by atoms with Crippen LogP contribution >= 0.6 is 0 Å². The number of carbonyl (C=O) groups is 1. The van der Waals surface area contributed by atoms with Crippen LogP contribution in [-0.4, -0.2) is 36.2 Å². The Morgan fingerprint density at radius 3 is 2.81 bits per heavy atom. The average molecular weight is 218 g/mol. The number of hydrogen-bond donors (Lipinski definition) is 2. The van der Waals surface area contributed by atoms with Crippen LogP contribution in [0.25, 0.3) is 6.08 Å². The minimum absolute atomic E-state index is 0.108. The van der Waals surface area contributed by atoms with E-state index in [0.29, 0.717) is 5.56 Å². The van der Waals surface area contributed by atoms with Crippen molar-refractivity contribution in [1.29, 1.82) is 0 Å². The number of carboxylic acids is 1. The molecule has 0 spiro atoms. The highest BCUT2D eigenvalue weighted by Gasteiger charge is 2.15. The van der Waals surface area contributed by atoms with Gasteiger partial charge in [-0.3, -0.25) is 4.90 Å². The Hall–Kier alpha value is -1.81. The summed E-state index contributed by atoms with van der Waals surface area (Å²) in [6.07, 6.45) is 4.15. The third kappa shape index (κ3) is 1.92. The summed E-state index contributed by atoms with van der Waals surface area (Å²) in [4.78, 5) is 12.9. The second kappa shape index (κ2) is 3.98. The fourth-order valence-electron chi connectivity index (χ4n) is 1.66. The van der Waals surface area contributed by atoms with Crippen molar-refractivity contribution in [2.75, 3.05) is 19.4 Å². The molecule has 1 aromatic rings. The highest BCUT2D eigenvalue weighted by molar-refractivity contribution is 5.90. The lowest BCUT2D eigenvalue weighted by Gasteiger charge is -2.27. The lowest BCUT2D eigenvalue weighted by Crippen LogP contribution is -2.34. The van der Waals surface area contributed by atoms with Gasteiger partial charge in [0, 0.05) is 5.69 Å². The molecule has 1 heterocycles. The molecule has 0 saturated carbocycles. The van der Waals surface area contributed by atoms with E-state index < -0.39 is 5.97 Å². The summed E-state index contributed by atoms with van der Waals surface area (Å²) in [6.45, 7) is 0. The van der Waals surface area contributed by atoms with Gasteiger partial charge in [0.05, 0.1) is 11.7 Å². The van der Waals surface area contributed by atoms with Gasteiger partial charge in [0.2, 0.25) is 0 Å². The number of anilines is 1. The number of carboxylic acid groups (broad SMARTS) is 1. The minimum atomic E-state index is -0.902. The van der Waals surface area contributed by atoms with Crippen molar-refractivity contribution in [2.45, 2.75) is 6.17 Å². The monoisotopic (exact) mass is 218 g/mol. The van der Waals surface area contributed by atoms with Crippen LogP contribution in [0.5, 0.6) is 0 Å². The maximum Gasteiger partial charge on any atom is 0.335 e. The van der Waals surface area contributed by atoms with Crippen LogP contribution in [0.3, 0.4) is 0 Å². The van der Waals surface area contributed by atoms with Crippen LogP contribution in [0.1, 0.15) is 15.9 Å². The molecule has 0 saturated heterocycles. The van der Waals surface area contributed by atoms with Crippen LogP contribution in [0, 0.1) is 0 Å². The number of likely N-dealkylation sites (N-methyl/N-ethyl adjacent to an activating group) is 1. The maximum atomic E-state index is 10.8. The molecule has 0 radical (unpaired) electrons. The van der Waals surface area contributed by atoms with Gasteiger partial charge in [0.25, 0.3) is 0 Å². The number of nitrogens with one attached hydrogen (secondary N) is 1. The molecular weight excluding hydrogens is 204 g/mol. The molecule has 0 aromatic heterocycles. The summed E-state index contributed by atoms with van der Waals surface area (Å²) in [5, 5.41) is 12.2.